The smallest absolute Gasteiger partial charge is 0.252 e. The first-order valence-corrected chi connectivity index (χ1v) is 24.3. The zero-order valence-corrected chi connectivity index (χ0v) is 38.6. The summed E-state index contributed by atoms with van der Waals surface area (Å²) in [4.78, 5) is 5.04. The highest BCUT2D eigenvalue weighted by Gasteiger charge is 2.44. The normalized spacial score (nSPS) is 12.5. The number of fused-ring (bicyclic) bond motifs is 4. The van der Waals surface area contributed by atoms with Crippen LogP contribution >= 0.6 is 0 Å². The fraction of sp³-hybridized carbons (Fsp3) is 0.0149. The van der Waals surface area contributed by atoms with Gasteiger partial charge in [-0.3, -0.25) is 0 Å². The fourth-order valence-electron chi connectivity index (χ4n) is 11.5. The topological polar surface area (TPSA) is 6.48 Å². The second-order valence-corrected chi connectivity index (χ2v) is 18.4. The Morgan fingerprint density at radius 1 is 0.243 bits per heavy atom. The van der Waals surface area contributed by atoms with Gasteiger partial charge in [-0.25, -0.2) is 0 Å². The lowest BCUT2D eigenvalue weighted by Crippen LogP contribution is -2.61. The van der Waals surface area contributed by atoms with E-state index in [1.165, 1.54) is 94.8 Å². The fourth-order valence-corrected chi connectivity index (χ4v) is 11.5. The molecule has 0 spiro atoms. The summed E-state index contributed by atoms with van der Waals surface area (Å²) in [6.45, 7) is -0.0168. The van der Waals surface area contributed by atoms with Gasteiger partial charge in [-0.05, 0) is 121 Å². The molecule has 0 bridgehead atoms. The Morgan fingerprint density at radius 2 is 0.600 bits per heavy atom. The maximum atomic E-state index is 2.53. The summed E-state index contributed by atoms with van der Waals surface area (Å²) in [7, 11) is 0. The third-order valence-electron chi connectivity index (χ3n) is 14.6. The van der Waals surface area contributed by atoms with Crippen molar-refractivity contribution in [3.63, 3.8) is 0 Å². The quantitative estimate of drug-likeness (QED) is 0.105. The monoisotopic (exact) mass is 890 g/mol. The lowest BCUT2D eigenvalue weighted by molar-refractivity contribution is 0.745. The molecule has 0 unspecified atom stereocenters. The lowest BCUT2D eigenvalue weighted by atomic mass is 9.33. The van der Waals surface area contributed by atoms with Crippen LogP contribution in [0.3, 0.4) is 0 Å². The van der Waals surface area contributed by atoms with Crippen LogP contribution in [0.25, 0.3) is 33.4 Å². The van der Waals surface area contributed by atoms with Gasteiger partial charge in [0, 0.05) is 34.1 Å². The zero-order chi connectivity index (χ0) is 46.4. The molecule has 0 saturated carbocycles. The van der Waals surface area contributed by atoms with Crippen molar-refractivity contribution in [2.45, 2.75) is 5.41 Å². The second kappa shape index (κ2) is 17.3. The third-order valence-corrected chi connectivity index (χ3v) is 14.6. The van der Waals surface area contributed by atoms with E-state index >= 15 is 0 Å². The molecule has 3 heteroatoms. The molecule has 0 aromatic heterocycles. The summed E-state index contributed by atoms with van der Waals surface area (Å²) in [5, 5.41) is 0. The summed E-state index contributed by atoms with van der Waals surface area (Å²) in [5.74, 6) is 0. The number of hydrogen-bond acceptors (Lipinski definition) is 2. The number of benzene rings is 11. The Morgan fingerprint density at radius 3 is 1.04 bits per heavy atom. The molecule has 328 valence electrons. The summed E-state index contributed by atoms with van der Waals surface area (Å²) in [6.07, 6.45) is 0. The van der Waals surface area contributed by atoms with Crippen LogP contribution in [0.15, 0.2) is 285 Å². The van der Waals surface area contributed by atoms with Gasteiger partial charge in [0.15, 0.2) is 0 Å². The number of rotatable bonds is 9. The molecule has 2 aliphatic heterocycles. The molecule has 0 radical (unpaired) electrons. The van der Waals surface area contributed by atoms with Gasteiger partial charge in [0.25, 0.3) is 6.71 Å². The van der Waals surface area contributed by atoms with Gasteiger partial charge < -0.3 is 9.80 Å². The lowest BCUT2D eigenvalue weighted by Gasteiger charge is -2.44. The molecule has 2 heterocycles. The van der Waals surface area contributed by atoms with Crippen LogP contribution in [0, 0.1) is 0 Å². The van der Waals surface area contributed by atoms with Crippen molar-refractivity contribution in [3.05, 3.63) is 307 Å². The molecule has 2 aliphatic rings. The maximum absolute atomic E-state index is 2.53. The average molecular weight is 891 g/mol. The van der Waals surface area contributed by atoms with E-state index < -0.39 is 5.41 Å². The Labute approximate surface area is 411 Å². The van der Waals surface area contributed by atoms with E-state index in [1.54, 1.807) is 0 Å². The SMILES string of the molecule is c1ccc(-c2cccc(N3c4cc(-c5ccccc5)ccc4B4c5ccc(-c6ccccc6)cc5N(c5ccc(C(c6ccccc6)(c6ccccc6)c6ccccc6)cc5)c5cccc3c54)c2)cc1. The van der Waals surface area contributed by atoms with E-state index in [9.17, 15) is 0 Å². The van der Waals surface area contributed by atoms with Crippen molar-refractivity contribution in [2.75, 3.05) is 9.80 Å². The molecule has 0 N–H and O–H groups in total. The Kier molecular flexibility index (Phi) is 10.2. The zero-order valence-electron chi connectivity index (χ0n) is 38.6. The third kappa shape index (κ3) is 6.81. The number of hydrogen-bond donors (Lipinski definition) is 0. The molecule has 70 heavy (non-hydrogen) atoms. The molecule has 0 atom stereocenters. The number of anilines is 6. The van der Waals surface area contributed by atoms with Crippen LogP contribution in [0.4, 0.5) is 34.1 Å². The first kappa shape index (κ1) is 41.3. The molecular formula is C67H47BN2. The second-order valence-electron chi connectivity index (χ2n) is 18.4. The Bertz CT molecular complexity index is 3540. The number of nitrogens with zero attached hydrogens (tertiary/aromatic N) is 2. The van der Waals surface area contributed by atoms with Crippen molar-refractivity contribution in [3.8, 4) is 33.4 Å². The Balaban J connectivity index is 1.04. The van der Waals surface area contributed by atoms with Crippen molar-refractivity contribution in [1.82, 2.24) is 0 Å². The molecule has 11 aromatic rings. The average Bonchev–Trinajstić information content (AvgIpc) is 3.45. The minimum Gasteiger partial charge on any atom is -0.311 e. The molecule has 0 saturated heterocycles. The summed E-state index contributed by atoms with van der Waals surface area (Å²) in [6, 6.07) is 105. The van der Waals surface area contributed by atoms with Crippen molar-refractivity contribution >= 4 is 57.2 Å². The van der Waals surface area contributed by atoms with Crippen LogP contribution in [-0.2, 0) is 5.41 Å². The van der Waals surface area contributed by atoms with Gasteiger partial charge in [0.2, 0.25) is 0 Å². The van der Waals surface area contributed by atoms with Crippen LogP contribution in [0.2, 0.25) is 0 Å². The molecule has 11 aromatic carbocycles. The first-order valence-electron chi connectivity index (χ1n) is 24.3. The predicted molar refractivity (Wildman–Crippen MR) is 295 cm³/mol. The van der Waals surface area contributed by atoms with E-state index in [4.69, 9.17) is 0 Å². The molecule has 0 aliphatic carbocycles. The van der Waals surface area contributed by atoms with Gasteiger partial charge in [0.1, 0.15) is 0 Å². The van der Waals surface area contributed by atoms with E-state index in [0.29, 0.717) is 0 Å². The van der Waals surface area contributed by atoms with Gasteiger partial charge in [-0.15, -0.1) is 0 Å². The highest BCUT2D eigenvalue weighted by molar-refractivity contribution is 7.00. The summed E-state index contributed by atoms with van der Waals surface area (Å²) in [5.41, 5.74) is 22.3. The van der Waals surface area contributed by atoms with E-state index in [0.717, 1.165) is 11.4 Å². The predicted octanol–water partition coefficient (Wildman–Crippen LogP) is 15.2. The summed E-state index contributed by atoms with van der Waals surface area (Å²) >= 11 is 0. The first-order chi connectivity index (χ1) is 34.7. The molecule has 13 rings (SSSR count). The van der Waals surface area contributed by atoms with Crippen molar-refractivity contribution in [2.24, 2.45) is 0 Å². The Hall–Kier alpha value is -8.92. The van der Waals surface area contributed by atoms with Crippen LogP contribution in [0.1, 0.15) is 22.3 Å². The highest BCUT2D eigenvalue weighted by Crippen LogP contribution is 2.49. The summed E-state index contributed by atoms with van der Waals surface area (Å²) < 4.78 is 0. The van der Waals surface area contributed by atoms with Gasteiger partial charge in [-0.2, -0.15) is 0 Å². The molecular weight excluding hydrogens is 844 g/mol. The maximum Gasteiger partial charge on any atom is 0.252 e. The highest BCUT2D eigenvalue weighted by atomic mass is 15.2. The molecule has 2 nitrogen and oxygen atoms in total. The van der Waals surface area contributed by atoms with Gasteiger partial charge in [0.05, 0.1) is 5.41 Å². The largest absolute Gasteiger partial charge is 0.311 e. The minimum absolute atomic E-state index is 0.0168. The van der Waals surface area contributed by atoms with Gasteiger partial charge >= 0.3 is 0 Å². The molecule has 0 fully saturated rings. The van der Waals surface area contributed by atoms with E-state index in [-0.39, 0.29) is 6.71 Å². The van der Waals surface area contributed by atoms with E-state index in [1.807, 2.05) is 0 Å². The van der Waals surface area contributed by atoms with E-state index in [2.05, 4.69) is 295 Å². The van der Waals surface area contributed by atoms with Crippen molar-refractivity contribution < 1.29 is 0 Å². The minimum atomic E-state index is -0.559. The van der Waals surface area contributed by atoms with Crippen LogP contribution in [-0.4, -0.2) is 6.71 Å². The van der Waals surface area contributed by atoms with Crippen LogP contribution < -0.4 is 26.2 Å². The van der Waals surface area contributed by atoms with Crippen LogP contribution in [0.5, 0.6) is 0 Å². The van der Waals surface area contributed by atoms with Gasteiger partial charge in [-0.1, -0.05) is 237 Å². The molecule has 0 amide bonds. The standard InChI is InChI=1S/C67H47BN2/c1-7-21-48(22-8-1)51-27-19-34-59(45-51)70-63-36-20-35-62-66(63)68(61-44-38-53(47-65(61)70)50-25-11-3-12-26-50)60-43-37-52(49-23-9-2-10-24-49)46-64(60)69(62)58-41-39-57(40-42-58)67(54-28-13-4-14-29-54,55-30-15-5-16-31-55)56-32-17-6-18-33-56/h1-47H. The van der Waals surface area contributed by atoms with Crippen molar-refractivity contribution in [1.29, 1.82) is 0 Å².